The first-order valence-electron chi connectivity index (χ1n) is 1.12. The van der Waals surface area contributed by atoms with Crippen molar-refractivity contribution in [2.45, 2.75) is 0 Å². The summed E-state index contributed by atoms with van der Waals surface area (Å²) in [6.07, 6.45) is 0.833. The molecule has 0 aromatic carbocycles. The first kappa shape index (κ1) is 15.7. The Morgan fingerprint density at radius 1 is 1.71 bits per heavy atom. The molecule has 1 N–H and O–H groups in total. The Labute approximate surface area is 58.8 Å². The van der Waals surface area contributed by atoms with Gasteiger partial charge in [0.2, 0.25) is 0 Å². The number of carboxylic acid groups (broad SMARTS) is 1. The van der Waals surface area contributed by atoms with Gasteiger partial charge in [-0.1, -0.05) is 6.58 Å². The Balaban J connectivity index is -0.0000000800. The molecule has 0 aliphatic heterocycles. The largest absolute Gasteiger partial charge is 0.478 e. The molecule has 2 nitrogen and oxygen atoms in total. The van der Waals surface area contributed by atoms with Crippen LogP contribution in [0, 0.1) is 0 Å². The first-order chi connectivity index (χ1) is 2.27. The van der Waals surface area contributed by atoms with Crippen molar-refractivity contribution in [2.24, 2.45) is 0 Å². The van der Waals surface area contributed by atoms with Gasteiger partial charge in [-0.25, -0.2) is 4.79 Å². The summed E-state index contributed by atoms with van der Waals surface area (Å²) in [5.74, 6) is -0.981. The fourth-order valence-corrected chi connectivity index (χ4v) is 0. The van der Waals surface area contributed by atoms with Crippen LogP contribution in [0.3, 0.4) is 0 Å². The molecule has 0 radical (unpaired) electrons. The summed E-state index contributed by atoms with van der Waals surface area (Å²) >= 11 is 0. The quantitative estimate of drug-likeness (QED) is 0.573. The van der Waals surface area contributed by atoms with Gasteiger partial charge in [0, 0.05) is 23.4 Å². The first-order valence-corrected chi connectivity index (χ1v) is 1.12. The molecule has 0 unspecified atom stereocenters. The van der Waals surface area contributed by atoms with Crippen LogP contribution in [0.1, 0.15) is 0 Å². The fraction of sp³-hybridized carbons (Fsp3) is 0. The molecule has 0 spiro atoms. The molecule has 0 aromatic rings. The van der Waals surface area contributed by atoms with Crippen molar-refractivity contribution in [2.75, 3.05) is 0 Å². The molecule has 4 heteroatoms. The van der Waals surface area contributed by atoms with Crippen molar-refractivity contribution < 1.29 is 27.3 Å². The number of hydrogen-bond acceptors (Lipinski definition) is 1. The zero-order valence-corrected chi connectivity index (χ0v) is 5.55. The predicted molar refractivity (Wildman–Crippen MR) is 25.1 cm³/mol. The maximum atomic E-state index is 9.25. The van der Waals surface area contributed by atoms with Crippen LogP contribution in [0.2, 0.25) is 0 Å². The number of aliphatic carboxylic acids is 1. The number of hydrogen-bond donors (Lipinski definition) is 1. The van der Waals surface area contributed by atoms with Gasteiger partial charge in [0.15, 0.2) is 0 Å². The summed E-state index contributed by atoms with van der Waals surface area (Å²) in [4.78, 5) is 9.25. The molecule has 0 heterocycles. The average Bonchev–Trinajstić information content (AvgIpc) is 1.38. The van der Waals surface area contributed by atoms with E-state index in [-0.39, 0.29) is 29.8 Å². The Hall–Kier alpha value is 0.0325. The molecule has 0 bridgehead atoms. The number of rotatable bonds is 1. The van der Waals surface area contributed by atoms with Gasteiger partial charge in [0.05, 0.1) is 0 Å². The minimum atomic E-state index is -0.981. The second-order valence-corrected chi connectivity index (χ2v) is 0.542. The molecule has 0 aromatic heterocycles. The third-order valence-corrected chi connectivity index (χ3v) is 0.175. The summed E-state index contributed by atoms with van der Waals surface area (Å²) < 4.78 is 0. The van der Waals surface area contributed by atoms with Crippen LogP contribution in [-0.2, 0) is 22.2 Å². The van der Waals surface area contributed by atoms with Gasteiger partial charge in [-0.05, 0) is 0 Å². The van der Waals surface area contributed by atoms with E-state index in [9.17, 15) is 4.79 Å². The zero-order valence-electron chi connectivity index (χ0n) is 3.46. The second kappa shape index (κ2) is 9.40. The molecule has 0 amide bonds. The Bertz CT molecular complexity index is 64.0. The van der Waals surface area contributed by atoms with Crippen LogP contribution in [0.25, 0.3) is 0 Å². The maximum Gasteiger partial charge on any atom is 0.327 e. The van der Waals surface area contributed by atoms with E-state index in [1.165, 1.54) is 0 Å². The van der Waals surface area contributed by atoms with Crippen LogP contribution in [-0.4, -0.2) is 11.1 Å². The average molecular weight is 161 g/mol. The molecule has 0 fully saturated rings. The Morgan fingerprint density at radius 3 is 1.86 bits per heavy atom. The van der Waals surface area contributed by atoms with E-state index < -0.39 is 5.97 Å². The minimum Gasteiger partial charge on any atom is -0.478 e. The van der Waals surface area contributed by atoms with Gasteiger partial charge in [0.1, 0.15) is 0 Å². The molecule has 42 valence electrons. The smallest absolute Gasteiger partial charge is 0.327 e. The second-order valence-electron chi connectivity index (χ2n) is 0.542. The summed E-state index contributed by atoms with van der Waals surface area (Å²) in [6, 6.07) is 0. The molecule has 0 atom stereocenters. The monoisotopic (exact) mass is 160 g/mol. The SMILES string of the molecule is C=CC(=O)O.Cl.[Cr]. The third kappa shape index (κ3) is 23.7. The topological polar surface area (TPSA) is 37.3 Å². The van der Waals surface area contributed by atoms with E-state index in [0.29, 0.717) is 0 Å². The molecular weight excluding hydrogens is 155 g/mol. The summed E-state index contributed by atoms with van der Waals surface area (Å²) in [5.41, 5.74) is 0. The normalized spacial score (nSPS) is 4.57. The Morgan fingerprint density at radius 2 is 1.86 bits per heavy atom. The molecule has 0 saturated carbocycles. The molecule has 7 heavy (non-hydrogen) atoms. The molecule has 0 aliphatic rings. The Kier molecular flexibility index (Phi) is 21.1. The predicted octanol–water partition coefficient (Wildman–Crippen LogP) is 0.676. The summed E-state index contributed by atoms with van der Waals surface area (Å²) in [7, 11) is 0. The summed E-state index contributed by atoms with van der Waals surface area (Å²) in [5, 5.41) is 7.60. The van der Waals surface area contributed by atoms with Gasteiger partial charge in [-0.15, -0.1) is 12.4 Å². The van der Waals surface area contributed by atoms with Crippen LogP contribution in [0.5, 0.6) is 0 Å². The van der Waals surface area contributed by atoms with Gasteiger partial charge in [0.25, 0.3) is 0 Å². The molecule has 0 aliphatic carbocycles. The van der Waals surface area contributed by atoms with E-state index in [1.807, 2.05) is 0 Å². The van der Waals surface area contributed by atoms with Crippen LogP contribution < -0.4 is 0 Å². The van der Waals surface area contributed by atoms with Crippen LogP contribution >= 0.6 is 12.4 Å². The number of halogens is 1. The van der Waals surface area contributed by atoms with Crippen LogP contribution in [0.4, 0.5) is 0 Å². The van der Waals surface area contributed by atoms with E-state index in [1.54, 1.807) is 0 Å². The van der Waals surface area contributed by atoms with E-state index >= 15 is 0 Å². The van der Waals surface area contributed by atoms with Gasteiger partial charge in [-0.2, -0.15) is 0 Å². The van der Waals surface area contributed by atoms with E-state index in [0.717, 1.165) is 6.08 Å². The molecular formula is C3H5ClCrO2. The van der Waals surface area contributed by atoms with Crippen LogP contribution in [0.15, 0.2) is 12.7 Å². The van der Waals surface area contributed by atoms with Gasteiger partial charge >= 0.3 is 5.97 Å². The standard InChI is InChI=1S/C3H4O2.ClH.Cr/c1-2-3(4)5;;/h2H,1H2,(H,4,5);1H;. The molecule has 0 rings (SSSR count). The van der Waals surface area contributed by atoms with E-state index in [4.69, 9.17) is 5.11 Å². The summed E-state index contributed by atoms with van der Waals surface area (Å²) in [6.45, 7) is 2.96. The van der Waals surface area contributed by atoms with Crippen molar-refractivity contribution in [3.8, 4) is 0 Å². The maximum absolute atomic E-state index is 9.25. The molecule has 0 saturated heterocycles. The number of carbonyl (C=O) groups is 1. The van der Waals surface area contributed by atoms with Crippen molar-refractivity contribution in [1.82, 2.24) is 0 Å². The van der Waals surface area contributed by atoms with Gasteiger partial charge in [-0.3, -0.25) is 0 Å². The van der Waals surface area contributed by atoms with E-state index in [2.05, 4.69) is 6.58 Å². The van der Waals surface area contributed by atoms with Crippen molar-refractivity contribution >= 4 is 18.4 Å². The fourth-order valence-electron chi connectivity index (χ4n) is 0. The van der Waals surface area contributed by atoms with Crippen molar-refractivity contribution in [3.05, 3.63) is 12.7 Å². The number of carboxylic acids is 1. The van der Waals surface area contributed by atoms with Gasteiger partial charge < -0.3 is 5.11 Å². The van der Waals surface area contributed by atoms with Crippen molar-refractivity contribution in [1.29, 1.82) is 0 Å². The third-order valence-electron chi connectivity index (χ3n) is 0.175. The zero-order chi connectivity index (χ0) is 4.28. The van der Waals surface area contributed by atoms with Crippen molar-refractivity contribution in [3.63, 3.8) is 0 Å². The minimum absolute atomic E-state index is 0.